The molecule has 0 unspecified atom stereocenters. The number of nitrogens with zero attached hydrogens (tertiary/aromatic N) is 1. The highest BCUT2D eigenvalue weighted by Crippen LogP contribution is 2.33. The van der Waals surface area contributed by atoms with Gasteiger partial charge in [-0.2, -0.15) is 0 Å². The maximum Gasteiger partial charge on any atom is 0.224 e. The summed E-state index contributed by atoms with van der Waals surface area (Å²) < 4.78 is 0. The molecule has 2 aliphatic rings. The van der Waals surface area contributed by atoms with Crippen molar-refractivity contribution in [1.29, 1.82) is 0 Å². The van der Waals surface area contributed by atoms with Gasteiger partial charge in [-0.1, -0.05) is 26.2 Å². The second kappa shape index (κ2) is 6.05. The first-order valence-corrected chi connectivity index (χ1v) is 7.69. The molecule has 0 spiro atoms. The Morgan fingerprint density at radius 2 is 1.94 bits per heavy atom. The lowest BCUT2D eigenvalue weighted by molar-refractivity contribution is -0.133. The number of hydrogen-bond donors (Lipinski definition) is 1. The van der Waals surface area contributed by atoms with Crippen molar-refractivity contribution in [1.82, 2.24) is 10.2 Å². The molecule has 3 heteroatoms. The van der Waals surface area contributed by atoms with E-state index in [0.717, 1.165) is 13.0 Å². The number of carbonyl (C=O) groups is 1. The van der Waals surface area contributed by atoms with E-state index in [1.807, 2.05) is 7.05 Å². The van der Waals surface area contributed by atoms with Crippen molar-refractivity contribution < 1.29 is 4.79 Å². The van der Waals surface area contributed by atoms with Crippen molar-refractivity contribution in [2.75, 3.05) is 13.6 Å². The van der Waals surface area contributed by atoms with Crippen molar-refractivity contribution in [2.24, 2.45) is 0 Å². The van der Waals surface area contributed by atoms with Crippen LogP contribution in [0.3, 0.4) is 0 Å². The molecule has 0 atom stereocenters. The van der Waals surface area contributed by atoms with Crippen LogP contribution in [0, 0.1) is 0 Å². The number of nitrogens with one attached hydrogen (secondary N) is 1. The van der Waals surface area contributed by atoms with Gasteiger partial charge in [0, 0.05) is 24.5 Å². The molecule has 0 aromatic rings. The number of carbonyl (C=O) groups excluding carboxylic acids is 1. The second-order valence-corrected chi connectivity index (χ2v) is 6.09. The molecule has 0 heterocycles. The van der Waals surface area contributed by atoms with E-state index in [0.29, 0.717) is 18.4 Å². The lowest BCUT2D eigenvalue weighted by Crippen LogP contribution is -2.49. The molecule has 0 aromatic carbocycles. The Kier molecular flexibility index (Phi) is 4.66. The van der Waals surface area contributed by atoms with Gasteiger partial charge in [0.05, 0.1) is 0 Å². The van der Waals surface area contributed by atoms with E-state index in [9.17, 15) is 4.79 Å². The topological polar surface area (TPSA) is 32.3 Å². The van der Waals surface area contributed by atoms with Crippen molar-refractivity contribution in [2.45, 2.75) is 76.3 Å². The molecule has 1 amide bonds. The molecule has 2 fully saturated rings. The van der Waals surface area contributed by atoms with E-state index in [-0.39, 0.29) is 5.54 Å². The monoisotopic (exact) mass is 252 g/mol. The Bertz CT molecular complexity index is 280. The number of rotatable bonds is 6. The molecule has 18 heavy (non-hydrogen) atoms. The van der Waals surface area contributed by atoms with Gasteiger partial charge in [0.25, 0.3) is 0 Å². The first-order chi connectivity index (χ1) is 8.71. The van der Waals surface area contributed by atoms with Gasteiger partial charge in [0.2, 0.25) is 5.91 Å². The zero-order chi connectivity index (χ0) is 13.0. The third-order valence-electron chi connectivity index (χ3n) is 4.60. The molecule has 3 nitrogen and oxygen atoms in total. The highest BCUT2D eigenvalue weighted by molar-refractivity contribution is 5.78. The van der Waals surface area contributed by atoms with Crippen LogP contribution in [0.1, 0.15) is 64.7 Å². The molecule has 0 aliphatic heterocycles. The van der Waals surface area contributed by atoms with E-state index in [1.165, 1.54) is 44.9 Å². The molecular formula is C15H28N2O. The zero-order valence-electron chi connectivity index (χ0n) is 12.0. The summed E-state index contributed by atoms with van der Waals surface area (Å²) in [6.45, 7) is 3.11. The van der Waals surface area contributed by atoms with E-state index in [2.05, 4.69) is 17.1 Å². The highest BCUT2D eigenvalue weighted by atomic mass is 16.2. The minimum absolute atomic E-state index is 0.0935. The smallest absolute Gasteiger partial charge is 0.224 e. The third-order valence-corrected chi connectivity index (χ3v) is 4.60. The van der Waals surface area contributed by atoms with Gasteiger partial charge in [-0.25, -0.2) is 0 Å². The van der Waals surface area contributed by atoms with Gasteiger partial charge in [-0.05, 0) is 39.2 Å². The molecule has 0 saturated heterocycles. The summed E-state index contributed by atoms with van der Waals surface area (Å²) in [5.74, 6) is 0.385. The maximum absolute atomic E-state index is 12.5. The average Bonchev–Trinajstić information content (AvgIpc) is 3.21. The molecule has 2 rings (SSSR count). The number of hydrogen-bond acceptors (Lipinski definition) is 2. The Morgan fingerprint density at radius 3 is 2.44 bits per heavy atom. The standard InChI is InChI=1S/C15H28N2O/c1-3-11-17(13-7-8-13)14(18)12-15(16-2)9-5-4-6-10-15/h13,16H,3-12H2,1-2H3. The summed E-state index contributed by atoms with van der Waals surface area (Å²) in [5.41, 5.74) is 0.0935. The van der Waals surface area contributed by atoms with Gasteiger partial charge < -0.3 is 10.2 Å². The Morgan fingerprint density at radius 1 is 1.28 bits per heavy atom. The van der Waals surface area contributed by atoms with Crippen molar-refractivity contribution >= 4 is 5.91 Å². The number of amides is 1. The van der Waals surface area contributed by atoms with Gasteiger partial charge in [0.15, 0.2) is 0 Å². The minimum atomic E-state index is 0.0935. The van der Waals surface area contributed by atoms with Gasteiger partial charge in [-0.15, -0.1) is 0 Å². The highest BCUT2D eigenvalue weighted by Gasteiger charge is 2.37. The predicted octanol–water partition coefficient (Wildman–Crippen LogP) is 2.70. The largest absolute Gasteiger partial charge is 0.340 e. The van der Waals surface area contributed by atoms with Crippen molar-refractivity contribution in [3.8, 4) is 0 Å². The lowest BCUT2D eigenvalue weighted by Gasteiger charge is -2.38. The summed E-state index contributed by atoms with van der Waals surface area (Å²) >= 11 is 0. The molecule has 0 radical (unpaired) electrons. The van der Waals surface area contributed by atoms with Crippen LogP contribution >= 0.6 is 0 Å². The molecule has 2 aliphatic carbocycles. The minimum Gasteiger partial charge on any atom is -0.340 e. The Balaban J connectivity index is 1.94. The second-order valence-electron chi connectivity index (χ2n) is 6.09. The first kappa shape index (κ1) is 13.9. The Hall–Kier alpha value is -0.570. The molecular weight excluding hydrogens is 224 g/mol. The fraction of sp³-hybridized carbons (Fsp3) is 0.933. The van der Waals surface area contributed by atoms with Crippen molar-refractivity contribution in [3.05, 3.63) is 0 Å². The van der Waals surface area contributed by atoms with Crippen LogP contribution in [0.25, 0.3) is 0 Å². The van der Waals surface area contributed by atoms with Gasteiger partial charge in [-0.3, -0.25) is 4.79 Å². The van der Waals surface area contributed by atoms with E-state index >= 15 is 0 Å². The molecule has 0 bridgehead atoms. The maximum atomic E-state index is 12.5. The summed E-state index contributed by atoms with van der Waals surface area (Å²) in [4.78, 5) is 14.7. The third kappa shape index (κ3) is 3.25. The zero-order valence-corrected chi connectivity index (χ0v) is 12.0. The normalized spacial score (nSPS) is 22.8. The van der Waals surface area contributed by atoms with E-state index < -0.39 is 0 Å². The molecule has 0 aromatic heterocycles. The molecule has 104 valence electrons. The van der Waals surface area contributed by atoms with Crippen LogP contribution in [0.2, 0.25) is 0 Å². The quantitative estimate of drug-likeness (QED) is 0.788. The summed E-state index contributed by atoms with van der Waals surface area (Å²) in [6, 6.07) is 0.565. The van der Waals surface area contributed by atoms with E-state index in [4.69, 9.17) is 0 Å². The van der Waals surface area contributed by atoms with Crippen LogP contribution in [-0.2, 0) is 4.79 Å². The summed E-state index contributed by atoms with van der Waals surface area (Å²) in [7, 11) is 2.03. The van der Waals surface area contributed by atoms with Crippen LogP contribution < -0.4 is 5.32 Å². The average molecular weight is 252 g/mol. The fourth-order valence-electron chi connectivity index (χ4n) is 3.27. The predicted molar refractivity (Wildman–Crippen MR) is 74.5 cm³/mol. The van der Waals surface area contributed by atoms with E-state index in [1.54, 1.807) is 0 Å². The summed E-state index contributed by atoms with van der Waals surface area (Å²) in [5, 5.41) is 3.46. The molecule has 2 saturated carbocycles. The Labute approximate surface area is 111 Å². The van der Waals surface area contributed by atoms with Crippen molar-refractivity contribution in [3.63, 3.8) is 0 Å². The fourth-order valence-corrected chi connectivity index (χ4v) is 3.27. The van der Waals surface area contributed by atoms with Crippen LogP contribution in [0.5, 0.6) is 0 Å². The van der Waals surface area contributed by atoms with Crippen LogP contribution in [0.15, 0.2) is 0 Å². The summed E-state index contributed by atoms with van der Waals surface area (Å²) in [6.07, 6.45) is 10.4. The lowest BCUT2D eigenvalue weighted by atomic mass is 9.79. The van der Waals surface area contributed by atoms with Gasteiger partial charge in [0.1, 0.15) is 0 Å². The van der Waals surface area contributed by atoms with Crippen LogP contribution in [0.4, 0.5) is 0 Å². The first-order valence-electron chi connectivity index (χ1n) is 7.69. The molecule has 1 N–H and O–H groups in total. The van der Waals surface area contributed by atoms with Gasteiger partial charge >= 0.3 is 0 Å². The van der Waals surface area contributed by atoms with Crippen LogP contribution in [-0.4, -0.2) is 36.0 Å². The SMILES string of the molecule is CCCN(C(=O)CC1(NC)CCCCC1)C1CC1.